The van der Waals surface area contributed by atoms with Gasteiger partial charge in [0.25, 0.3) is 5.91 Å². The second kappa shape index (κ2) is 5.88. The van der Waals surface area contributed by atoms with Crippen LogP contribution in [0.25, 0.3) is 0 Å². The molecule has 6 heteroatoms. The SMILES string of the molecule is O=C(O)c1cccc(N2C(=O)C[C@@H](N3CCCCC3)C2=O)c1. The first-order valence-electron chi connectivity index (χ1n) is 7.52. The van der Waals surface area contributed by atoms with Gasteiger partial charge in [0.15, 0.2) is 0 Å². The van der Waals surface area contributed by atoms with Crippen LogP contribution in [0.15, 0.2) is 24.3 Å². The third-order valence-electron chi connectivity index (χ3n) is 4.31. The molecule has 0 spiro atoms. The number of likely N-dealkylation sites (tertiary alicyclic amines) is 1. The standard InChI is InChI=1S/C16H18N2O4/c19-14-10-13(17-7-2-1-3-8-17)15(20)18(14)12-6-4-5-11(9-12)16(21)22/h4-6,9,13H,1-3,7-8,10H2,(H,21,22)/t13-/m1/s1. The first-order chi connectivity index (χ1) is 10.6. The maximum atomic E-state index is 12.6. The van der Waals surface area contributed by atoms with Gasteiger partial charge in [-0.1, -0.05) is 12.5 Å². The Morgan fingerprint density at radius 3 is 2.55 bits per heavy atom. The number of carbonyl (C=O) groups excluding carboxylic acids is 2. The second-order valence-corrected chi connectivity index (χ2v) is 5.74. The van der Waals surface area contributed by atoms with E-state index < -0.39 is 12.0 Å². The number of carbonyl (C=O) groups is 3. The highest BCUT2D eigenvalue weighted by Crippen LogP contribution is 2.27. The third kappa shape index (κ3) is 2.62. The molecule has 0 bridgehead atoms. The lowest BCUT2D eigenvalue weighted by Crippen LogP contribution is -2.44. The lowest BCUT2D eigenvalue weighted by Gasteiger charge is -2.30. The lowest BCUT2D eigenvalue weighted by molar-refractivity contribution is -0.123. The molecule has 116 valence electrons. The van der Waals surface area contributed by atoms with E-state index in [0.29, 0.717) is 5.69 Å². The van der Waals surface area contributed by atoms with Gasteiger partial charge in [-0.25, -0.2) is 9.69 Å². The largest absolute Gasteiger partial charge is 0.478 e. The van der Waals surface area contributed by atoms with Gasteiger partial charge in [0.05, 0.1) is 23.7 Å². The molecular weight excluding hydrogens is 284 g/mol. The molecule has 2 fully saturated rings. The molecule has 0 aromatic heterocycles. The van der Waals surface area contributed by atoms with Crippen LogP contribution in [0.1, 0.15) is 36.0 Å². The summed E-state index contributed by atoms with van der Waals surface area (Å²) in [6.07, 6.45) is 3.44. The molecule has 1 atom stereocenters. The summed E-state index contributed by atoms with van der Waals surface area (Å²) in [4.78, 5) is 39.1. The van der Waals surface area contributed by atoms with Gasteiger partial charge in [0, 0.05) is 0 Å². The summed E-state index contributed by atoms with van der Waals surface area (Å²) in [7, 11) is 0. The van der Waals surface area contributed by atoms with Crippen LogP contribution in [-0.2, 0) is 9.59 Å². The minimum Gasteiger partial charge on any atom is -0.478 e. The zero-order chi connectivity index (χ0) is 15.7. The maximum Gasteiger partial charge on any atom is 0.335 e. The number of piperidine rings is 1. The average Bonchev–Trinajstić information content (AvgIpc) is 2.83. The topological polar surface area (TPSA) is 77.9 Å². The van der Waals surface area contributed by atoms with E-state index in [1.165, 1.54) is 12.1 Å². The van der Waals surface area contributed by atoms with Crippen LogP contribution in [0.5, 0.6) is 0 Å². The van der Waals surface area contributed by atoms with Crippen LogP contribution in [0.4, 0.5) is 5.69 Å². The summed E-state index contributed by atoms with van der Waals surface area (Å²) in [5.41, 5.74) is 0.411. The van der Waals surface area contributed by atoms with Crippen molar-refractivity contribution >= 4 is 23.5 Å². The van der Waals surface area contributed by atoms with Gasteiger partial charge in [-0.15, -0.1) is 0 Å². The maximum absolute atomic E-state index is 12.6. The third-order valence-corrected chi connectivity index (χ3v) is 4.31. The Morgan fingerprint density at radius 1 is 1.14 bits per heavy atom. The molecule has 1 aromatic rings. The molecule has 2 amide bonds. The molecule has 0 radical (unpaired) electrons. The quantitative estimate of drug-likeness (QED) is 0.856. The number of nitrogens with zero attached hydrogens (tertiary/aromatic N) is 2. The summed E-state index contributed by atoms with van der Waals surface area (Å²) in [6, 6.07) is 5.56. The van der Waals surface area contributed by atoms with E-state index in [-0.39, 0.29) is 23.8 Å². The van der Waals surface area contributed by atoms with E-state index in [1.807, 2.05) is 0 Å². The molecule has 2 heterocycles. The molecule has 0 unspecified atom stereocenters. The van der Waals surface area contributed by atoms with Crippen LogP contribution in [0.3, 0.4) is 0 Å². The van der Waals surface area contributed by atoms with Gasteiger partial charge >= 0.3 is 5.97 Å². The van der Waals surface area contributed by atoms with E-state index >= 15 is 0 Å². The van der Waals surface area contributed by atoms with Crippen LogP contribution < -0.4 is 4.90 Å². The number of carboxylic acids is 1. The highest BCUT2D eigenvalue weighted by atomic mass is 16.4. The summed E-state index contributed by atoms with van der Waals surface area (Å²) >= 11 is 0. The first kappa shape index (κ1) is 14.7. The summed E-state index contributed by atoms with van der Waals surface area (Å²) < 4.78 is 0. The summed E-state index contributed by atoms with van der Waals surface area (Å²) in [6.45, 7) is 1.68. The van der Waals surface area contributed by atoms with E-state index in [4.69, 9.17) is 5.11 Å². The minimum atomic E-state index is -1.08. The van der Waals surface area contributed by atoms with Crippen molar-refractivity contribution in [1.29, 1.82) is 0 Å². The van der Waals surface area contributed by atoms with Crippen LogP contribution in [0, 0.1) is 0 Å². The number of anilines is 1. The molecule has 3 rings (SSSR count). The Balaban J connectivity index is 1.85. The molecule has 1 aromatic carbocycles. The van der Waals surface area contributed by atoms with Crippen molar-refractivity contribution in [1.82, 2.24) is 4.90 Å². The van der Waals surface area contributed by atoms with Crippen molar-refractivity contribution in [3.8, 4) is 0 Å². The molecule has 0 aliphatic carbocycles. The molecule has 2 saturated heterocycles. The zero-order valence-electron chi connectivity index (χ0n) is 12.2. The predicted octanol–water partition coefficient (Wildman–Crippen LogP) is 1.50. The van der Waals surface area contributed by atoms with E-state index in [9.17, 15) is 14.4 Å². The summed E-state index contributed by atoms with van der Waals surface area (Å²) in [5.74, 6) is -1.58. The number of carboxylic acid groups (broad SMARTS) is 1. The fraction of sp³-hybridized carbons (Fsp3) is 0.438. The van der Waals surface area contributed by atoms with Gasteiger partial charge in [-0.2, -0.15) is 0 Å². The monoisotopic (exact) mass is 302 g/mol. The van der Waals surface area contributed by atoms with Crippen molar-refractivity contribution in [3.05, 3.63) is 29.8 Å². The number of hydrogen-bond acceptors (Lipinski definition) is 4. The normalized spacial score (nSPS) is 23.1. The predicted molar refractivity (Wildman–Crippen MR) is 79.7 cm³/mol. The molecule has 1 N–H and O–H groups in total. The molecular formula is C16H18N2O4. The Labute approximate surface area is 128 Å². The van der Waals surface area contributed by atoms with E-state index in [1.54, 1.807) is 12.1 Å². The number of aromatic carboxylic acids is 1. The lowest BCUT2D eigenvalue weighted by atomic mass is 10.1. The van der Waals surface area contributed by atoms with Crippen molar-refractivity contribution < 1.29 is 19.5 Å². The van der Waals surface area contributed by atoms with Crippen molar-refractivity contribution in [2.24, 2.45) is 0 Å². The number of amides is 2. The first-order valence-corrected chi connectivity index (χ1v) is 7.52. The number of hydrogen-bond donors (Lipinski definition) is 1. The van der Waals surface area contributed by atoms with E-state index in [0.717, 1.165) is 37.3 Å². The van der Waals surface area contributed by atoms with Gasteiger partial charge in [0.1, 0.15) is 0 Å². The fourth-order valence-electron chi connectivity index (χ4n) is 3.18. The summed E-state index contributed by atoms with van der Waals surface area (Å²) in [5, 5.41) is 9.04. The van der Waals surface area contributed by atoms with Gasteiger partial charge in [-0.3, -0.25) is 14.5 Å². The highest BCUT2D eigenvalue weighted by molar-refractivity contribution is 6.22. The highest BCUT2D eigenvalue weighted by Gasteiger charge is 2.42. The Bertz CT molecular complexity index is 622. The van der Waals surface area contributed by atoms with Gasteiger partial charge < -0.3 is 5.11 Å². The van der Waals surface area contributed by atoms with Crippen molar-refractivity contribution in [2.75, 3.05) is 18.0 Å². The van der Waals surface area contributed by atoms with E-state index in [2.05, 4.69) is 4.90 Å². The number of imide groups is 1. The Kier molecular flexibility index (Phi) is 3.94. The van der Waals surface area contributed by atoms with Crippen LogP contribution in [-0.4, -0.2) is 46.9 Å². The van der Waals surface area contributed by atoms with Crippen LogP contribution in [0.2, 0.25) is 0 Å². The fourth-order valence-corrected chi connectivity index (χ4v) is 3.18. The minimum absolute atomic E-state index is 0.0690. The Hall–Kier alpha value is -2.21. The molecule has 6 nitrogen and oxygen atoms in total. The molecule has 0 saturated carbocycles. The smallest absolute Gasteiger partial charge is 0.335 e. The molecule has 2 aliphatic rings. The second-order valence-electron chi connectivity index (χ2n) is 5.74. The van der Waals surface area contributed by atoms with Gasteiger partial charge in [0.2, 0.25) is 5.91 Å². The van der Waals surface area contributed by atoms with Crippen LogP contribution >= 0.6 is 0 Å². The molecule has 2 aliphatic heterocycles. The number of rotatable bonds is 3. The number of benzene rings is 1. The molecule has 22 heavy (non-hydrogen) atoms. The van der Waals surface area contributed by atoms with Gasteiger partial charge in [-0.05, 0) is 44.1 Å². The average molecular weight is 302 g/mol. The Morgan fingerprint density at radius 2 is 1.86 bits per heavy atom. The van der Waals surface area contributed by atoms with Crippen molar-refractivity contribution in [3.63, 3.8) is 0 Å². The zero-order valence-corrected chi connectivity index (χ0v) is 12.2. The van der Waals surface area contributed by atoms with Crippen molar-refractivity contribution in [2.45, 2.75) is 31.7 Å².